The second kappa shape index (κ2) is 8.22. The van der Waals surface area contributed by atoms with E-state index >= 15 is 0 Å². The van der Waals surface area contributed by atoms with Gasteiger partial charge in [-0.05, 0) is 49.6 Å². The van der Waals surface area contributed by atoms with Crippen molar-refractivity contribution in [3.05, 3.63) is 59.7 Å². The summed E-state index contributed by atoms with van der Waals surface area (Å²) in [6.07, 6.45) is 0.182. The topological polar surface area (TPSA) is 47.6 Å². The number of carbonyl (C=O) groups excluding carboxylic acids is 1. The van der Waals surface area contributed by atoms with Crippen LogP contribution in [0.1, 0.15) is 18.1 Å². The SMILES string of the molecule is COc1ccccc1CCNC(=O)C(C)Oc1cccc(C)c1. The molecule has 0 heterocycles. The Morgan fingerprint density at radius 3 is 2.70 bits per heavy atom. The molecule has 0 saturated carbocycles. The van der Waals surface area contributed by atoms with E-state index in [9.17, 15) is 4.79 Å². The zero-order valence-corrected chi connectivity index (χ0v) is 13.8. The van der Waals surface area contributed by atoms with Gasteiger partial charge in [0.15, 0.2) is 6.10 Å². The molecule has 23 heavy (non-hydrogen) atoms. The second-order valence-corrected chi connectivity index (χ2v) is 5.43. The molecule has 0 aromatic heterocycles. The first kappa shape index (κ1) is 16.9. The standard InChI is InChI=1S/C19H23NO3/c1-14-7-6-9-17(13-14)23-15(2)19(21)20-12-11-16-8-4-5-10-18(16)22-3/h4-10,13,15H,11-12H2,1-3H3,(H,20,21). The molecule has 1 unspecified atom stereocenters. The van der Waals surface area contributed by atoms with Crippen molar-refractivity contribution in [2.75, 3.05) is 13.7 Å². The molecule has 1 atom stereocenters. The van der Waals surface area contributed by atoms with Crippen LogP contribution >= 0.6 is 0 Å². The minimum Gasteiger partial charge on any atom is -0.496 e. The molecule has 1 N–H and O–H groups in total. The van der Waals surface area contributed by atoms with Gasteiger partial charge in [0.1, 0.15) is 11.5 Å². The smallest absolute Gasteiger partial charge is 0.260 e. The van der Waals surface area contributed by atoms with Gasteiger partial charge >= 0.3 is 0 Å². The Bertz CT molecular complexity index is 655. The fraction of sp³-hybridized carbons (Fsp3) is 0.316. The highest BCUT2D eigenvalue weighted by Gasteiger charge is 2.14. The minimum atomic E-state index is -0.533. The van der Waals surface area contributed by atoms with Crippen LogP contribution in [0.25, 0.3) is 0 Å². The van der Waals surface area contributed by atoms with Gasteiger partial charge in [-0.15, -0.1) is 0 Å². The predicted molar refractivity (Wildman–Crippen MR) is 91.0 cm³/mol. The Morgan fingerprint density at radius 2 is 1.96 bits per heavy atom. The maximum Gasteiger partial charge on any atom is 0.260 e. The Balaban J connectivity index is 1.82. The molecule has 2 aromatic rings. The number of benzene rings is 2. The first-order valence-electron chi connectivity index (χ1n) is 7.73. The zero-order valence-electron chi connectivity index (χ0n) is 13.8. The van der Waals surface area contributed by atoms with Crippen LogP contribution in [-0.2, 0) is 11.2 Å². The number of rotatable bonds is 7. The van der Waals surface area contributed by atoms with Crippen molar-refractivity contribution < 1.29 is 14.3 Å². The molecule has 0 aliphatic carbocycles. The average molecular weight is 313 g/mol. The Kier molecular flexibility index (Phi) is 6.03. The van der Waals surface area contributed by atoms with Crippen molar-refractivity contribution in [1.29, 1.82) is 0 Å². The number of aryl methyl sites for hydroxylation is 1. The van der Waals surface area contributed by atoms with Gasteiger partial charge in [-0.2, -0.15) is 0 Å². The summed E-state index contributed by atoms with van der Waals surface area (Å²) < 4.78 is 11.0. The average Bonchev–Trinajstić information content (AvgIpc) is 2.55. The minimum absolute atomic E-state index is 0.124. The number of amides is 1. The van der Waals surface area contributed by atoms with Gasteiger partial charge < -0.3 is 14.8 Å². The molecule has 2 rings (SSSR count). The van der Waals surface area contributed by atoms with E-state index in [0.29, 0.717) is 18.7 Å². The maximum absolute atomic E-state index is 12.1. The highest BCUT2D eigenvalue weighted by Crippen LogP contribution is 2.17. The lowest BCUT2D eigenvalue weighted by Crippen LogP contribution is -2.37. The highest BCUT2D eigenvalue weighted by atomic mass is 16.5. The summed E-state index contributed by atoms with van der Waals surface area (Å²) in [7, 11) is 1.65. The number of hydrogen-bond donors (Lipinski definition) is 1. The fourth-order valence-electron chi connectivity index (χ4n) is 2.32. The molecule has 0 saturated heterocycles. The number of methoxy groups -OCH3 is 1. The summed E-state index contributed by atoms with van der Waals surface area (Å²) in [4.78, 5) is 12.1. The van der Waals surface area contributed by atoms with Crippen LogP contribution in [0.4, 0.5) is 0 Å². The summed E-state index contributed by atoms with van der Waals surface area (Å²) in [5.41, 5.74) is 2.17. The second-order valence-electron chi connectivity index (χ2n) is 5.43. The molecule has 2 aromatic carbocycles. The Morgan fingerprint density at radius 1 is 1.17 bits per heavy atom. The monoisotopic (exact) mass is 313 g/mol. The summed E-state index contributed by atoms with van der Waals surface area (Å²) in [6.45, 7) is 4.28. The van der Waals surface area contributed by atoms with Crippen molar-refractivity contribution >= 4 is 5.91 Å². The molecule has 122 valence electrons. The third kappa shape index (κ3) is 5.02. The van der Waals surface area contributed by atoms with Crippen molar-refractivity contribution in [1.82, 2.24) is 5.32 Å². The van der Waals surface area contributed by atoms with E-state index in [0.717, 1.165) is 16.9 Å². The summed E-state index contributed by atoms with van der Waals surface area (Å²) in [5.74, 6) is 1.42. The molecule has 0 aliphatic rings. The van der Waals surface area contributed by atoms with Crippen LogP contribution < -0.4 is 14.8 Å². The number of para-hydroxylation sites is 1. The lowest BCUT2D eigenvalue weighted by atomic mass is 10.1. The third-order valence-electron chi connectivity index (χ3n) is 3.56. The van der Waals surface area contributed by atoms with Crippen molar-refractivity contribution in [3.63, 3.8) is 0 Å². The number of ether oxygens (including phenoxy) is 2. The van der Waals surface area contributed by atoms with Gasteiger partial charge in [-0.1, -0.05) is 30.3 Å². The summed E-state index contributed by atoms with van der Waals surface area (Å²) in [6, 6.07) is 15.5. The number of hydrogen-bond acceptors (Lipinski definition) is 3. The molecule has 0 fully saturated rings. The largest absolute Gasteiger partial charge is 0.496 e. The summed E-state index contributed by atoms with van der Waals surface area (Å²) in [5, 5.41) is 2.90. The molecule has 4 nitrogen and oxygen atoms in total. The third-order valence-corrected chi connectivity index (χ3v) is 3.56. The maximum atomic E-state index is 12.1. The van der Waals surface area contributed by atoms with Crippen LogP contribution in [0.2, 0.25) is 0 Å². The first-order chi connectivity index (χ1) is 11.1. The predicted octanol–water partition coefficient (Wildman–Crippen LogP) is 3.13. The lowest BCUT2D eigenvalue weighted by Gasteiger charge is -2.15. The van der Waals surface area contributed by atoms with Crippen LogP contribution in [0, 0.1) is 6.92 Å². The lowest BCUT2D eigenvalue weighted by molar-refractivity contribution is -0.127. The normalized spacial score (nSPS) is 11.6. The molecule has 0 bridgehead atoms. The number of carbonyl (C=O) groups is 1. The van der Waals surface area contributed by atoms with E-state index in [1.54, 1.807) is 14.0 Å². The van der Waals surface area contributed by atoms with Crippen molar-refractivity contribution in [2.24, 2.45) is 0 Å². The Labute approximate surface area is 137 Å². The highest BCUT2D eigenvalue weighted by molar-refractivity contribution is 5.80. The number of nitrogens with one attached hydrogen (secondary N) is 1. The summed E-state index contributed by atoms with van der Waals surface area (Å²) >= 11 is 0. The van der Waals surface area contributed by atoms with Gasteiger partial charge in [-0.25, -0.2) is 0 Å². The van der Waals surface area contributed by atoms with Gasteiger partial charge in [-0.3, -0.25) is 4.79 Å². The molecule has 0 spiro atoms. The first-order valence-corrected chi connectivity index (χ1v) is 7.73. The van der Waals surface area contributed by atoms with E-state index in [-0.39, 0.29) is 5.91 Å². The van der Waals surface area contributed by atoms with Crippen LogP contribution in [-0.4, -0.2) is 25.7 Å². The molecular weight excluding hydrogens is 290 g/mol. The van der Waals surface area contributed by atoms with E-state index in [4.69, 9.17) is 9.47 Å². The van der Waals surface area contributed by atoms with Gasteiger partial charge in [0.25, 0.3) is 5.91 Å². The molecule has 0 radical (unpaired) electrons. The quantitative estimate of drug-likeness (QED) is 0.854. The van der Waals surface area contributed by atoms with Gasteiger partial charge in [0.05, 0.1) is 7.11 Å². The van der Waals surface area contributed by atoms with Gasteiger partial charge in [0, 0.05) is 6.54 Å². The van der Waals surface area contributed by atoms with Crippen molar-refractivity contribution in [3.8, 4) is 11.5 Å². The van der Waals surface area contributed by atoms with E-state index in [1.807, 2.05) is 55.5 Å². The fourth-order valence-corrected chi connectivity index (χ4v) is 2.32. The van der Waals surface area contributed by atoms with Crippen molar-refractivity contribution in [2.45, 2.75) is 26.4 Å². The molecule has 0 aliphatic heterocycles. The molecule has 1 amide bonds. The van der Waals surface area contributed by atoms with E-state index < -0.39 is 6.10 Å². The van der Waals surface area contributed by atoms with Crippen LogP contribution in [0.15, 0.2) is 48.5 Å². The van der Waals surface area contributed by atoms with Gasteiger partial charge in [0.2, 0.25) is 0 Å². The molecule has 4 heteroatoms. The molecular formula is C19H23NO3. The Hall–Kier alpha value is -2.49. The van der Waals surface area contributed by atoms with E-state index in [2.05, 4.69) is 5.32 Å². The zero-order chi connectivity index (χ0) is 16.7. The van der Waals surface area contributed by atoms with Crippen LogP contribution in [0.3, 0.4) is 0 Å². The van der Waals surface area contributed by atoms with E-state index in [1.165, 1.54) is 0 Å². The van der Waals surface area contributed by atoms with Crippen LogP contribution in [0.5, 0.6) is 11.5 Å².